The maximum absolute atomic E-state index is 6.18. The minimum absolute atomic E-state index is 0.329. The maximum atomic E-state index is 6.18. The number of halogens is 1. The second kappa shape index (κ2) is 4.10. The van der Waals surface area contributed by atoms with Crippen molar-refractivity contribution in [1.29, 1.82) is 0 Å². The van der Waals surface area contributed by atoms with Crippen molar-refractivity contribution < 1.29 is 14.0 Å². The highest BCUT2D eigenvalue weighted by molar-refractivity contribution is 6.32. The third-order valence-corrected chi connectivity index (χ3v) is 3.09. The van der Waals surface area contributed by atoms with Crippen LogP contribution in [0.25, 0.3) is 11.3 Å². The van der Waals surface area contributed by atoms with Crippen LogP contribution in [0, 0.1) is 6.92 Å². The fourth-order valence-electron chi connectivity index (χ4n) is 1.97. The lowest BCUT2D eigenvalue weighted by Crippen LogP contribution is -2.16. The number of hydrogen-bond donors (Lipinski definition) is 1. The Bertz CT molecular complexity index is 610. The average molecular weight is 267 g/mol. The standard InChI is InChI=1S/C12H11ClN2O3/c1-6-7(9-5-10(14)15-18-9)4-8(13)12-11(6)16-2-3-17-12/h4-5H,2-3H2,1H3,(H2,14,15). The van der Waals surface area contributed by atoms with Crippen molar-refractivity contribution in [3.63, 3.8) is 0 Å². The Morgan fingerprint density at radius 3 is 2.61 bits per heavy atom. The van der Waals surface area contributed by atoms with Gasteiger partial charge in [0.2, 0.25) is 0 Å². The van der Waals surface area contributed by atoms with E-state index in [-0.39, 0.29) is 0 Å². The summed E-state index contributed by atoms with van der Waals surface area (Å²) in [5.41, 5.74) is 7.24. The normalized spacial score (nSPS) is 13.7. The zero-order valence-electron chi connectivity index (χ0n) is 9.70. The van der Waals surface area contributed by atoms with Crippen LogP contribution in [0.1, 0.15) is 5.56 Å². The van der Waals surface area contributed by atoms with Crippen molar-refractivity contribution >= 4 is 17.4 Å². The molecule has 0 radical (unpaired) electrons. The summed E-state index contributed by atoms with van der Waals surface area (Å²) in [6.45, 7) is 2.92. The van der Waals surface area contributed by atoms with E-state index < -0.39 is 0 Å². The van der Waals surface area contributed by atoms with Gasteiger partial charge in [-0.1, -0.05) is 16.8 Å². The lowest BCUT2D eigenvalue weighted by atomic mass is 10.0. The van der Waals surface area contributed by atoms with Gasteiger partial charge in [-0.2, -0.15) is 0 Å². The molecule has 0 fully saturated rings. The van der Waals surface area contributed by atoms with Crippen LogP contribution < -0.4 is 15.2 Å². The predicted molar refractivity (Wildman–Crippen MR) is 67.1 cm³/mol. The van der Waals surface area contributed by atoms with E-state index in [9.17, 15) is 0 Å². The van der Waals surface area contributed by atoms with Crippen LogP contribution in [0.3, 0.4) is 0 Å². The molecule has 0 unspecified atom stereocenters. The van der Waals surface area contributed by atoms with E-state index in [0.29, 0.717) is 41.3 Å². The number of fused-ring (bicyclic) bond motifs is 1. The van der Waals surface area contributed by atoms with Crippen LogP contribution >= 0.6 is 11.6 Å². The molecule has 18 heavy (non-hydrogen) atoms. The summed E-state index contributed by atoms with van der Waals surface area (Å²) in [6, 6.07) is 3.42. The SMILES string of the molecule is Cc1c(-c2cc(N)no2)cc(Cl)c2c1OCCO2. The predicted octanol–water partition coefficient (Wildman–Crippen LogP) is 2.66. The molecule has 3 rings (SSSR count). The van der Waals surface area contributed by atoms with Crippen LogP contribution in [0.4, 0.5) is 5.82 Å². The molecular weight excluding hydrogens is 256 g/mol. The topological polar surface area (TPSA) is 70.5 Å². The summed E-state index contributed by atoms with van der Waals surface area (Å²) in [6.07, 6.45) is 0. The van der Waals surface area contributed by atoms with Gasteiger partial charge in [0.25, 0.3) is 0 Å². The number of ether oxygens (including phenoxy) is 2. The van der Waals surface area contributed by atoms with Crippen LogP contribution in [-0.2, 0) is 0 Å². The van der Waals surface area contributed by atoms with Crippen LogP contribution in [0.5, 0.6) is 11.5 Å². The largest absolute Gasteiger partial charge is 0.486 e. The first-order chi connectivity index (χ1) is 8.66. The van der Waals surface area contributed by atoms with Crippen molar-refractivity contribution in [2.45, 2.75) is 6.92 Å². The number of anilines is 1. The van der Waals surface area contributed by atoms with Gasteiger partial charge in [0.1, 0.15) is 13.2 Å². The highest BCUT2D eigenvalue weighted by atomic mass is 35.5. The Labute approximate surface area is 108 Å². The Morgan fingerprint density at radius 2 is 1.94 bits per heavy atom. The fraction of sp³-hybridized carbons (Fsp3) is 0.250. The molecule has 1 aliphatic heterocycles. The van der Waals surface area contributed by atoms with Gasteiger partial charge in [0.15, 0.2) is 23.1 Å². The molecular formula is C12H11ClN2O3. The van der Waals surface area contributed by atoms with Gasteiger partial charge in [-0.15, -0.1) is 0 Å². The molecule has 0 amide bonds. The monoisotopic (exact) mass is 266 g/mol. The van der Waals surface area contributed by atoms with Gasteiger partial charge in [-0.25, -0.2) is 0 Å². The summed E-state index contributed by atoms with van der Waals surface area (Å²) in [7, 11) is 0. The van der Waals surface area contributed by atoms with E-state index >= 15 is 0 Å². The summed E-state index contributed by atoms with van der Waals surface area (Å²) in [5, 5.41) is 4.15. The van der Waals surface area contributed by atoms with E-state index in [2.05, 4.69) is 5.16 Å². The fourth-order valence-corrected chi connectivity index (χ4v) is 2.22. The molecule has 1 aromatic carbocycles. The van der Waals surface area contributed by atoms with E-state index in [0.717, 1.165) is 11.1 Å². The summed E-state index contributed by atoms with van der Waals surface area (Å²) < 4.78 is 16.3. The van der Waals surface area contributed by atoms with E-state index in [1.54, 1.807) is 12.1 Å². The van der Waals surface area contributed by atoms with Crippen molar-refractivity contribution in [3.05, 3.63) is 22.7 Å². The molecule has 5 nitrogen and oxygen atoms in total. The van der Waals surface area contributed by atoms with Gasteiger partial charge in [-0.05, 0) is 13.0 Å². The molecule has 2 aromatic rings. The number of rotatable bonds is 1. The van der Waals surface area contributed by atoms with Crippen molar-refractivity contribution in [2.75, 3.05) is 18.9 Å². The first-order valence-corrected chi connectivity index (χ1v) is 5.86. The number of benzene rings is 1. The van der Waals surface area contributed by atoms with E-state index in [1.807, 2.05) is 6.92 Å². The summed E-state index contributed by atoms with van der Waals surface area (Å²) in [5.74, 6) is 2.12. The maximum Gasteiger partial charge on any atom is 0.180 e. The molecule has 0 atom stereocenters. The van der Waals surface area contributed by atoms with Crippen LogP contribution in [0.15, 0.2) is 16.7 Å². The molecule has 6 heteroatoms. The van der Waals surface area contributed by atoms with Crippen LogP contribution in [-0.4, -0.2) is 18.4 Å². The Kier molecular flexibility index (Phi) is 2.56. The molecule has 1 aromatic heterocycles. The first-order valence-electron chi connectivity index (χ1n) is 5.48. The zero-order valence-corrected chi connectivity index (χ0v) is 10.5. The van der Waals surface area contributed by atoms with Crippen LogP contribution in [0.2, 0.25) is 5.02 Å². The summed E-state index contributed by atoms with van der Waals surface area (Å²) in [4.78, 5) is 0. The molecule has 0 saturated carbocycles. The molecule has 94 valence electrons. The minimum atomic E-state index is 0.329. The Balaban J connectivity index is 2.19. The van der Waals surface area contributed by atoms with Gasteiger partial charge >= 0.3 is 0 Å². The van der Waals surface area contributed by atoms with Gasteiger partial charge in [0.05, 0.1) is 5.02 Å². The smallest absolute Gasteiger partial charge is 0.180 e. The number of nitrogens with zero attached hydrogens (tertiary/aromatic N) is 1. The molecule has 0 spiro atoms. The highest BCUT2D eigenvalue weighted by Crippen LogP contribution is 2.44. The third-order valence-electron chi connectivity index (χ3n) is 2.81. The second-order valence-corrected chi connectivity index (χ2v) is 4.41. The molecule has 2 heterocycles. The number of aromatic nitrogens is 1. The zero-order chi connectivity index (χ0) is 12.7. The number of nitrogens with two attached hydrogens (primary N) is 1. The van der Waals surface area contributed by atoms with Crippen molar-refractivity contribution in [1.82, 2.24) is 5.16 Å². The third kappa shape index (κ3) is 1.67. The molecule has 0 aliphatic carbocycles. The second-order valence-electron chi connectivity index (χ2n) is 4.00. The minimum Gasteiger partial charge on any atom is -0.486 e. The van der Waals surface area contributed by atoms with Gasteiger partial charge in [0, 0.05) is 17.2 Å². The van der Waals surface area contributed by atoms with Gasteiger partial charge < -0.3 is 19.7 Å². The molecule has 1 aliphatic rings. The van der Waals surface area contributed by atoms with Gasteiger partial charge in [-0.3, -0.25) is 0 Å². The quantitative estimate of drug-likeness (QED) is 0.859. The lowest BCUT2D eigenvalue weighted by Gasteiger charge is -2.22. The Hall–Kier alpha value is -1.88. The van der Waals surface area contributed by atoms with Crippen molar-refractivity contribution in [3.8, 4) is 22.8 Å². The average Bonchev–Trinajstić information content (AvgIpc) is 2.80. The highest BCUT2D eigenvalue weighted by Gasteiger charge is 2.22. The molecule has 0 saturated heterocycles. The molecule has 0 bridgehead atoms. The van der Waals surface area contributed by atoms with Crippen molar-refractivity contribution in [2.24, 2.45) is 0 Å². The van der Waals surface area contributed by atoms with E-state index in [1.165, 1.54) is 0 Å². The number of hydrogen-bond acceptors (Lipinski definition) is 5. The Morgan fingerprint density at radius 1 is 1.22 bits per heavy atom. The first kappa shape index (κ1) is 11.2. The number of nitrogen functional groups attached to an aromatic ring is 1. The van der Waals surface area contributed by atoms with E-state index in [4.69, 9.17) is 31.3 Å². The molecule has 2 N–H and O–H groups in total. The summed E-state index contributed by atoms with van der Waals surface area (Å²) >= 11 is 6.18. The lowest BCUT2D eigenvalue weighted by molar-refractivity contribution is 0.170.